The second kappa shape index (κ2) is 7.89. The van der Waals surface area contributed by atoms with E-state index in [4.69, 9.17) is 28.9 Å². The van der Waals surface area contributed by atoms with Crippen molar-refractivity contribution in [2.45, 2.75) is 19.4 Å². The molecule has 5 nitrogen and oxygen atoms in total. The van der Waals surface area contributed by atoms with E-state index in [1.807, 2.05) is 19.1 Å². The fourth-order valence-electron chi connectivity index (χ4n) is 2.07. The van der Waals surface area contributed by atoms with Gasteiger partial charge in [0.25, 0.3) is 0 Å². The number of aromatic nitrogens is 1. The predicted octanol–water partition coefficient (Wildman–Crippen LogP) is 3.55. The van der Waals surface area contributed by atoms with Gasteiger partial charge >= 0.3 is 5.97 Å². The highest BCUT2D eigenvalue weighted by Crippen LogP contribution is 2.21. The number of carbonyl (C=O) groups is 1. The third-order valence-corrected chi connectivity index (χ3v) is 3.55. The molecular weight excluding hydrogens is 334 g/mol. The number of benzene rings is 1. The van der Waals surface area contributed by atoms with Crippen LogP contribution in [0.25, 0.3) is 0 Å². The molecule has 1 aromatic heterocycles. The predicted molar refractivity (Wildman–Crippen MR) is 94.8 cm³/mol. The van der Waals surface area contributed by atoms with Crippen LogP contribution in [0.4, 0.5) is 5.82 Å². The average Bonchev–Trinajstić information content (AvgIpc) is 2.46. The number of hydrogen-bond donors (Lipinski definition) is 3. The molecule has 0 aliphatic heterocycles. The number of hydrogen-bond acceptors (Lipinski definition) is 3. The first kappa shape index (κ1) is 17.2. The third kappa shape index (κ3) is 5.50. The van der Waals surface area contributed by atoms with Gasteiger partial charge < -0.3 is 15.7 Å². The maximum absolute atomic E-state index is 11.1. The number of thiocarbonyl (C=S) groups is 1. The molecule has 0 spiro atoms. The van der Waals surface area contributed by atoms with E-state index in [9.17, 15) is 4.79 Å². The van der Waals surface area contributed by atoms with Gasteiger partial charge in [-0.1, -0.05) is 23.7 Å². The Labute approximate surface area is 144 Å². The Morgan fingerprint density at radius 2 is 2.17 bits per heavy atom. The maximum Gasteiger partial charge on any atom is 0.305 e. The number of halogens is 1. The summed E-state index contributed by atoms with van der Waals surface area (Å²) in [6.45, 7) is 1.95. The van der Waals surface area contributed by atoms with Crippen molar-refractivity contribution in [2.24, 2.45) is 0 Å². The fourth-order valence-corrected chi connectivity index (χ4v) is 2.51. The van der Waals surface area contributed by atoms with Crippen molar-refractivity contribution in [3.8, 4) is 0 Å². The minimum absolute atomic E-state index is 0.122. The molecular formula is C16H16ClN3O2S. The summed E-state index contributed by atoms with van der Waals surface area (Å²) < 4.78 is 0. The minimum Gasteiger partial charge on any atom is -0.481 e. The van der Waals surface area contributed by atoms with Crippen molar-refractivity contribution in [3.05, 3.63) is 58.7 Å². The lowest BCUT2D eigenvalue weighted by atomic mass is 10.0. The van der Waals surface area contributed by atoms with Crippen LogP contribution in [0, 0.1) is 6.92 Å². The van der Waals surface area contributed by atoms with E-state index in [1.54, 1.807) is 30.5 Å². The van der Waals surface area contributed by atoms with Crippen LogP contribution < -0.4 is 10.6 Å². The topological polar surface area (TPSA) is 74.2 Å². The van der Waals surface area contributed by atoms with E-state index in [0.29, 0.717) is 16.0 Å². The Hall–Kier alpha value is -2.18. The molecule has 23 heavy (non-hydrogen) atoms. The highest BCUT2D eigenvalue weighted by Gasteiger charge is 2.17. The normalized spacial score (nSPS) is 11.6. The van der Waals surface area contributed by atoms with E-state index in [1.165, 1.54) is 0 Å². The summed E-state index contributed by atoms with van der Waals surface area (Å²) in [4.78, 5) is 15.3. The summed E-state index contributed by atoms with van der Waals surface area (Å²) in [5.41, 5.74) is 1.79. The first-order valence-electron chi connectivity index (χ1n) is 6.91. The lowest BCUT2D eigenvalue weighted by molar-refractivity contribution is -0.137. The Morgan fingerprint density at radius 3 is 2.83 bits per heavy atom. The van der Waals surface area contributed by atoms with Crippen LogP contribution in [-0.4, -0.2) is 21.2 Å². The maximum atomic E-state index is 11.1. The van der Waals surface area contributed by atoms with Crippen molar-refractivity contribution >= 4 is 40.7 Å². The van der Waals surface area contributed by atoms with E-state index in [0.717, 1.165) is 11.1 Å². The quantitative estimate of drug-likeness (QED) is 0.717. The minimum atomic E-state index is -0.932. The smallest absolute Gasteiger partial charge is 0.305 e. The average molecular weight is 350 g/mol. The van der Waals surface area contributed by atoms with Gasteiger partial charge in [-0.2, -0.15) is 0 Å². The SMILES string of the molecule is Cc1ccnc(NC(=S)N[C@H](CC(=O)O)c2cccc(Cl)c2)c1. The molecule has 0 aliphatic rings. The van der Waals surface area contributed by atoms with Crippen LogP contribution in [0.2, 0.25) is 5.02 Å². The molecule has 0 bridgehead atoms. The summed E-state index contributed by atoms with van der Waals surface area (Å²) in [6, 6.07) is 10.3. The summed E-state index contributed by atoms with van der Waals surface area (Å²) in [7, 11) is 0. The Bertz CT molecular complexity index is 724. The first-order valence-corrected chi connectivity index (χ1v) is 7.70. The Balaban J connectivity index is 2.11. The molecule has 0 amide bonds. The number of rotatable bonds is 5. The van der Waals surface area contributed by atoms with Crippen LogP contribution >= 0.6 is 23.8 Å². The van der Waals surface area contributed by atoms with Crippen molar-refractivity contribution in [1.29, 1.82) is 0 Å². The molecule has 7 heteroatoms. The lowest BCUT2D eigenvalue weighted by Crippen LogP contribution is -2.33. The summed E-state index contributed by atoms with van der Waals surface area (Å²) in [5, 5.41) is 15.9. The van der Waals surface area contributed by atoms with Crippen molar-refractivity contribution in [1.82, 2.24) is 10.3 Å². The van der Waals surface area contributed by atoms with Gasteiger partial charge in [0.2, 0.25) is 0 Å². The number of aryl methyl sites for hydroxylation is 1. The number of anilines is 1. The fraction of sp³-hybridized carbons (Fsp3) is 0.188. The molecule has 0 saturated heterocycles. The van der Waals surface area contributed by atoms with Gasteiger partial charge in [-0.25, -0.2) is 4.98 Å². The van der Waals surface area contributed by atoms with E-state index >= 15 is 0 Å². The molecule has 3 N–H and O–H groups in total. The molecule has 1 atom stereocenters. The summed E-state index contributed by atoms with van der Waals surface area (Å²) in [6.07, 6.45) is 1.55. The van der Waals surface area contributed by atoms with Crippen molar-refractivity contribution in [3.63, 3.8) is 0 Å². The van der Waals surface area contributed by atoms with Gasteiger partial charge in [0, 0.05) is 11.2 Å². The zero-order chi connectivity index (χ0) is 16.8. The third-order valence-electron chi connectivity index (χ3n) is 3.09. The van der Waals surface area contributed by atoms with Gasteiger partial charge in [0.05, 0.1) is 12.5 Å². The van der Waals surface area contributed by atoms with Gasteiger partial charge in [-0.05, 0) is 54.5 Å². The van der Waals surface area contributed by atoms with Crippen LogP contribution in [0.15, 0.2) is 42.6 Å². The second-order valence-corrected chi connectivity index (χ2v) is 5.87. The molecule has 2 rings (SSSR count). The zero-order valence-corrected chi connectivity index (χ0v) is 14.0. The Morgan fingerprint density at radius 1 is 1.39 bits per heavy atom. The largest absolute Gasteiger partial charge is 0.481 e. The number of carboxylic acids is 1. The number of carboxylic acid groups (broad SMARTS) is 1. The molecule has 120 valence electrons. The summed E-state index contributed by atoms with van der Waals surface area (Å²) >= 11 is 11.2. The van der Waals surface area contributed by atoms with E-state index < -0.39 is 12.0 Å². The van der Waals surface area contributed by atoms with Gasteiger partial charge in [0.1, 0.15) is 5.82 Å². The van der Waals surface area contributed by atoms with Gasteiger partial charge in [-0.15, -0.1) is 0 Å². The lowest BCUT2D eigenvalue weighted by Gasteiger charge is -2.20. The zero-order valence-electron chi connectivity index (χ0n) is 12.4. The van der Waals surface area contributed by atoms with E-state index in [-0.39, 0.29) is 6.42 Å². The van der Waals surface area contributed by atoms with Gasteiger partial charge in [0.15, 0.2) is 5.11 Å². The monoisotopic (exact) mass is 349 g/mol. The molecule has 0 unspecified atom stereocenters. The molecule has 0 saturated carbocycles. The van der Waals surface area contributed by atoms with Crippen molar-refractivity contribution in [2.75, 3.05) is 5.32 Å². The number of nitrogens with zero attached hydrogens (tertiary/aromatic N) is 1. The Kier molecular flexibility index (Phi) is 5.90. The highest BCUT2D eigenvalue weighted by molar-refractivity contribution is 7.80. The molecule has 0 fully saturated rings. The highest BCUT2D eigenvalue weighted by atomic mass is 35.5. The van der Waals surface area contributed by atoms with E-state index in [2.05, 4.69) is 15.6 Å². The second-order valence-electron chi connectivity index (χ2n) is 5.02. The molecule has 0 aliphatic carbocycles. The van der Waals surface area contributed by atoms with Gasteiger partial charge in [-0.3, -0.25) is 4.79 Å². The van der Waals surface area contributed by atoms with Crippen LogP contribution in [0.3, 0.4) is 0 Å². The summed E-state index contributed by atoms with van der Waals surface area (Å²) in [5.74, 6) is -0.332. The van der Waals surface area contributed by atoms with Crippen LogP contribution in [0.5, 0.6) is 0 Å². The number of pyridine rings is 1. The standard InChI is InChI=1S/C16H16ClN3O2S/c1-10-5-6-18-14(7-10)20-16(23)19-13(9-15(21)22)11-3-2-4-12(17)8-11/h2-8,13H,9H2,1H3,(H,21,22)(H2,18,19,20,23)/t13-/m1/s1. The molecule has 0 radical (unpaired) electrons. The molecule has 2 aromatic rings. The molecule has 1 aromatic carbocycles. The van der Waals surface area contributed by atoms with Crippen molar-refractivity contribution < 1.29 is 9.90 Å². The molecule has 1 heterocycles. The number of aliphatic carboxylic acids is 1. The van der Waals surface area contributed by atoms with Crippen LogP contribution in [0.1, 0.15) is 23.6 Å². The van der Waals surface area contributed by atoms with Crippen LogP contribution in [-0.2, 0) is 4.79 Å². The first-order chi connectivity index (χ1) is 10.9. The number of nitrogens with one attached hydrogen (secondary N) is 2.